The number of fused-ring (bicyclic) bond motifs is 1. The predicted molar refractivity (Wildman–Crippen MR) is 132 cm³/mol. The summed E-state index contributed by atoms with van der Waals surface area (Å²) in [5, 5.41) is 17.6. The summed E-state index contributed by atoms with van der Waals surface area (Å²) in [5.74, 6) is -3.61. The zero-order chi connectivity index (χ0) is 28.4. The Morgan fingerprint density at radius 3 is 2.05 bits per heavy atom. The van der Waals surface area contributed by atoms with E-state index in [1.165, 1.54) is 0 Å². The molecule has 9 nitrogen and oxygen atoms in total. The summed E-state index contributed by atoms with van der Waals surface area (Å²) in [6, 6.07) is 12.6. The minimum Gasteiger partial charge on any atom is -0.475 e. The molecule has 0 fully saturated rings. The van der Waals surface area contributed by atoms with Gasteiger partial charge in [-0.2, -0.15) is 13.2 Å². The number of nitrogens with one attached hydrogen (secondary N) is 3. The molecule has 6 N–H and O–H groups in total. The average Bonchev–Trinajstić information content (AvgIpc) is 2.75. The number of amides is 3. The van der Waals surface area contributed by atoms with Crippen molar-refractivity contribution in [3.05, 3.63) is 48.0 Å². The first kappa shape index (κ1) is 31.4. The van der Waals surface area contributed by atoms with Crippen LogP contribution in [0.1, 0.15) is 46.1 Å². The van der Waals surface area contributed by atoms with E-state index in [0.717, 1.165) is 16.3 Å². The zero-order valence-electron chi connectivity index (χ0n) is 21.1. The second-order valence-electron chi connectivity index (χ2n) is 9.41. The number of benzene rings is 2. The number of hydrogen-bond donors (Lipinski definition) is 5. The lowest BCUT2D eigenvalue weighted by molar-refractivity contribution is -0.192. The van der Waals surface area contributed by atoms with E-state index in [9.17, 15) is 27.6 Å². The van der Waals surface area contributed by atoms with Crippen molar-refractivity contribution < 1.29 is 37.5 Å². The van der Waals surface area contributed by atoms with E-state index in [1.807, 2.05) is 63.2 Å². The van der Waals surface area contributed by atoms with Crippen LogP contribution >= 0.6 is 0 Å². The van der Waals surface area contributed by atoms with Crippen LogP contribution in [0.3, 0.4) is 0 Å². The van der Waals surface area contributed by atoms with Crippen molar-refractivity contribution in [1.82, 2.24) is 16.0 Å². The minimum absolute atomic E-state index is 0.0293. The number of aliphatic carboxylic acids is 1. The van der Waals surface area contributed by atoms with Crippen molar-refractivity contribution in [2.24, 2.45) is 5.73 Å². The van der Waals surface area contributed by atoms with E-state index >= 15 is 0 Å². The van der Waals surface area contributed by atoms with Crippen LogP contribution in [0.2, 0.25) is 0 Å². The smallest absolute Gasteiger partial charge is 0.475 e. The number of nitrogens with two attached hydrogens (primary N) is 1. The first-order valence-corrected chi connectivity index (χ1v) is 11.4. The van der Waals surface area contributed by atoms with Gasteiger partial charge in [0.25, 0.3) is 0 Å². The van der Waals surface area contributed by atoms with Gasteiger partial charge in [0.05, 0.1) is 0 Å². The highest BCUT2D eigenvalue weighted by Crippen LogP contribution is 2.18. The van der Waals surface area contributed by atoms with Gasteiger partial charge in [-0.1, -0.05) is 42.5 Å². The van der Waals surface area contributed by atoms with Crippen molar-refractivity contribution in [2.45, 2.75) is 70.9 Å². The molecule has 0 spiro atoms. The van der Waals surface area contributed by atoms with Crippen LogP contribution in [0.15, 0.2) is 42.5 Å². The van der Waals surface area contributed by atoms with Crippen LogP contribution in [-0.4, -0.2) is 52.6 Å². The fraction of sp³-hybridized carbons (Fsp3) is 0.440. The first-order chi connectivity index (χ1) is 17.0. The number of alkyl halides is 3. The number of carbonyl (C=O) groups excluding carboxylic acids is 3. The molecule has 0 aliphatic heterocycles. The fourth-order valence-corrected chi connectivity index (χ4v) is 3.17. The van der Waals surface area contributed by atoms with Crippen molar-refractivity contribution in [2.75, 3.05) is 0 Å². The Hall–Kier alpha value is -3.67. The van der Waals surface area contributed by atoms with Crippen LogP contribution in [0.4, 0.5) is 13.2 Å². The lowest BCUT2D eigenvalue weighted by atomic mass is 10.0. The Balaban J connectivity index is 0.000000856. The van der Waals surface area contributed by atoms with Gasteiger partial charge in [-0.25, -0.2) is 4.79 Å². The second-order valence-corrected chi connectivity index (χ2v) is 9.41. The van der Waals surface area contributed by atoms with E-state index in [2.05, 4.69) is 16.0 Å². The topological polar surface area (TPSA) is 151 Å². The van der Waals surface area contributed by atoms with Gasteiger partial charge < -0.3 is 26.8 Å². The number of carbonyl (C=O) groups is 4. The number of carboxylic acids is 1. The van der Waals surface area contributed by atoms with Crippen molar-refractivity contribution in [1.29, 1.82) is 0 Å². The maximum atomic E-state index is 12.4. The molecule has 3 amide bonds. The van der Waals surface area contributed by atoms with Gasteiger partial charge in [0.15, 0.2) is 0 Å². The fourth-order valence-electron chi connectivity index (χ4n) is 3.17. The van der Waals surface area contributed by atoms with Crippen LogP contribution in [0.5, 0.6) is 0 Å². The normalized spacial score (nSPS) is 13.0. The number of hydrogen-bond acceptors (Lipinski definition) is 5. The molecule has 204 valence electrons. The average molecular weight is 527 g/mol. The Morgan fingerprint density at radius 2 is 1.49 bits per heavy atom. The van der Waals surface area contributed by atoms with E-state index < -0.39 is 24.2 Å². The summed E-state index contributed by atoms with van der Waals surface area (Å²) >= 11 is 0. The molecule has 2 rings (SSSR count). The summed E-state index contributed by atoms with van der Waals surface area (Å²) in [7, 11) is 0. The van der Waals surface area contributed by atoms with Gasteiger partial charge >= 0.3 is 12.1 Å². The Morgan fingerprint density at radius 1 is 0.946 bits per heavy atom. The summed E-state index contributed by atoms with van der Waals surface area (Å²) < 4.78 is 31.7. The third-order valence-corrected chi connectivity index (χ3v) is 4.76. The summed E-state index contributed by atoms with van der Waals surface area (Å²) in [4.78, 5) is 45.4. The minimum atomic E-state index is -5.08. The molecule has 0 heterocycles. The monoisotopic (exact) mass is 526 g/mol. The van der Waals surface area contributed by atoms with Gasteiger partial charge in [-0.3, -0.25) is 14.4 Å². The molecule has 0 aromatic heterocycles. The largest absolute Gasteiger partial charge is 0.490 e. The molecular weight excluding hydrogens is 493 g/mol. The third kappa shape index (κ3) is 12.2. The maximum Gasteiger partial charge on any atom is 0.490 e. The molecule has 2 atom stereocenters. The van der Waals surface area contributed by atoms with Crippen LogP contribution < -0.4 is 21.7 Å². The first-order valence-electron chi connectivity index (χ1n) is 11.4. The molecule has 37 heavy (non-hydrogen) atoms. The van der Waals surface area contributed by atoms with Crippen LogP contribution in [0, 0.1) is 0 Å². The summed E-state index contributed by atoms with van der Waals surface area (Å²) in [6.07, 6.45) is -5.06. The lowest BCUT2D eigenvalue weighted by Gasteiger charge is -2.22. The van der Waals surface area contributed by atoms with Crippen molar-refractivity contribution in [3.63, 3.8) is 0 Å². The molecular formula is C25H33F3N4O5. The standard InChI is InChI=1S/C23H32N4O3.C2HF3O2/c1-15(26-20(28)12-18(24)13-21(29)27-23(2,3)4)22(30)25-14-17-10-7-9-16-8-5-6-11-19(16)17;3-2(4,5)1(6)7/h5-11,15,18H,12-14,24H2,1-4H3,(H,25,30)(H,26,28)(H,27,29);(H,6,7)/t15-,18+;/m0./s1. The van der Waals surface area contributed by atoms with Crippen LogP contribution in [0.25, 0.3) is 10.8 Å². The van der Waals surface area contributed by atoms with Crippen LogP contribution in [-0.2, 0) is 25.7 Å². The molecule has 0 saturated heterocycles. The molecule has 0 bridgehead atoms. The quantitative estimate of drug-likeness (QED) is 0.357. The second kappa shape index (κ2) is 13.6. The van der Waals surface area contributed by atoms with Crippen molar-refractivity contribution in [3.8, 4) is 0 Å². The Bertz CT molecular complexity index is 1090. The SMILES string of the molecule is C[C@H](NC(=O)C[C@@H](N)CC(=O)NC(C)(C)C)C(=O)NCc1cccc2ccccc12.O=C(O)C(F)(F)F. The zero-order valence-corrected chi connectivity index (χ0v) is 21.1. The Labute approximate surface area is 213 Å². The molecule has 0 aliphatic rings. The lowest BCUT2D eigenvalue weighted by Crippen LogP contribution is -2.47. The number of halogens is 3. The van der Waals surface area contributed by atoms with E-state index in [-0.39, 0.29) is 36.1 Å². The third-order valence-electron chi connectivity index (χ3n) is 4.76. The van der Waals surface area contributed by atoms with E-state index in [4.69, 9.17) is 15.6 Å². The van der Waals surface area contributed by atoms with Crippen molar-refractivity contribution >= 4 is 34.5 Å². The molecule has 0 saturated carbocycles. The number of carboxylic acid groups (broad SMARTS) is 1. The molecule has 0 radical (unpaired) electrons. The summed E-state index contributed by atoms with van der Waals surface area (Å²) in [5.41, 5.74) is 6.57. The van der Waals surface area contributed by atoms with Gasteiger partial charge in [0.1, 0.15) is 6.04 Å². The molecule has 12 heteroatoms. The highest BCUT2D eigenvalue weighted by Gasteiger charge is 2.38. The maximum absolute atomic E-state index is 12.4. The number of rotatable bonds is 8. The molecule has 0 unspecified atom stereocenters. The van der Waals surface area contributed by atoms with Gasteiger partial charge in [0, 0.05) is 31.0 Å². The van der Waals surface area contributed by atoms with E-state index in [0.29, 0.717) is 6.54 Å². The Kier molecular flexibility index (Phi) is 11.5. The highest BCUT2D eigenvalue weighted by atomic mass is 19.4. The molecule has 2 aromatic rings. The molecule has 0 aliphatic carbocycles. The summed E-state index contributed by atoms with van der Waals surface area (Å²) in [6.45, 7) is 7.62. The van der Waals surface area contributed by atoms with Gasteiger partial charge in [0.2, 0.25) is 17.7 Å². The van der Waals surface area contributed by atoms with Gasteiger partial charge in [-0.15, -0.1) is 0 Å². The van der Waals surface area contributed by atoms with Gasteiger partial charge in [-0.05, 0) is 44.0 Å². The highest BCUT2D eigenvalue weighted by molar-refractivity contribution is 5.89. The van der Waals surface area contributed by atoms with E-state index in [1.54, 1.807) is 6.92 Å². The predicted octanol–water partition coefficient (Wildman–Crippen LogP) is 2.62. The molecule has 2 aromatic carbocycles.